The summed E-state index contributed by atoms with van der Waals surface area (Å²) in [6, 6.07) is 4.82. The monoisotopic (exact) mass is 340 g/mol. The van der Waals surface area contributed by atoms with Crippen LogP contribution in [-0.2, 0) is 10.0 Å². The van der Waals surface area contributed by atoms with Gasteiger partial charge in [-0.1, -0.05) is 12.5 Å². The molecule has 0 aliphatic heterocycles. The molecule has 1 heterocycles. The first-order valence-electron chi connectivity index (χ1n) is 7.89. The molecule has 1 aromatic heterocycles. The molecule has 1 aliphatic rings. The minimum Gasteiger partial charge on any atom is -0.337 e. The van der Waals surface area contributed by atoms with Crippen LogP contribution in [-0.4, -0.2) is 38.3 Å². The second-order valence-corrected chi connectivity index (χ2v) is 7.77. The van der Waals surface area contributed by atoms with E-state index in [1.54, 1.807) is 12.3 Å². The Morgan fingerprint density at radius 1 is 1.39 bits per heavy atom. The molecule has 23 heavy (non-hydrogen) atoms. The Kier molecular flexibility index (Phi) is 6.35. The fraction of sp³-hybridized carbons (Fsp3) is 0.600. The molecule has 1 saturated carbocycles. The predicted octanol–water partition coefficient (Wildman–Crippen LogP) is 1.16. The number of amides is 2. The number of carbonyl (C=O) groups excluding carboxylic acids is 1. The summed E-state index contributed by atoms with van der Waals surface area (Å²) in [6.07, 6.45) is 5.03. The largest absolute Gasteiger partial charge is 0.337 e. The Bertz CT molecular complexity index is 602. The van der Waals surface area contributed by atoms with Crippen molar-refractivity contribution in [1.29, 1.82) is 0 Å². The molecule has 1 aliphatic carbocycles. The van der Waals surface area contributed by atoms with Crippen molar-refractivity contribution >= 4 is 16.1 Å². The van der Waals surface area contributed by atoms with Crippen molar-refractivity contribution in [2.75, 3.05) is 18.8 Å². The van der Waals surface area contributed by atoms with Crippen molar-refractivity contribution in [3.05, 3.63) is 30.1 Å². The summed E-state index contributed by atoms with van der Waals surface area (Å²) in [6.45, 7) is 2.39. The molecule has 2 rings (SSSR count). The van der Waals surface area contributed by atoms with Gasteiger partial charge in [0.05, 0.1) is 17.5 Å². The van der Waals surface area contributed by atoms with Crippen molar-refractivity contribution in [2.24, 2.45) is 5.92 Å². The Labute approximate surface area is 137 Å². The second kappa shape index (κ2) is 8.26. The molecule has 1 unspecified atom stereocenters. The van der Waals surface area contributed by atoms with E-state index in [0.29, 0.717) is 12.5 Å². The molecule has 3 N–H and O–H groups in total. The quantitative estimate of drug-likeness (QED) is 0.661. The van der Waals surface area contributed by atoms with Gasteiger partial charge in [-0.3, -0.25) is 4.98 Å². The Balaban J connectivity index is 1.65. The van der Waals surface area contributed by atoms with Crippen LogP contribution in [0.15, 0.2) is 24.4 Å². The SMILES string of the molecule is CC(NC(=O)NCCS(=O)(=O)NCC1CCC1)c1ccccn1. The van der Waals surface area contributed by atoms with E-state index in [1.807, 2.05) is 19.1 Å². The van der Waals surface area contributed by atoms with E-state index < -0.39 is 16.1 Å². The fourth-order valence-electron chi connectivity index (χ4n) is 2.27. The highest BCUT2D eigenvalue weighted by Crippen LogP contribution is 2.25. The molecule has 0 saturated heterocycles. The lowest BCUT2D eigenvalue weighted by Crippen LogP contribution is -2.41. The van der Waals surface area contributed by atoms with Crippen LogP contribution in [0.3, 0.4) is 0 Å². The van der Waals surface area contributed by atoms with E-state index in [0.717, 1.165) is 18.5 Å². The van der Waals surface area contributed by atoms with Crippen molar-refractivity contribution in [2.45, 2.75) is 32.2 Å². The maximum absolute atomic E-state index is 11.8. The number of carbonyl (C=O) groups is 1. The number of nitrogens with zero attached hydrogens (tertiary/aromatic N) is 1. The molecule has 128 valence electrons. The number of hydrogen-bond acceptors (Lipinski definition) is 4. The average Bonchev–Trinajstić information content (AvgIpc) is 2.46. The molecule has 0 spiro atoms. The molecule has 0 aromatic carbocycles. The Morgan fingerprint density at radius 3 is 2.78 bits per heavy atom. The van der Waals surface area contributed by atoms with Gasteiger partial charge in [0.15, 0.2) is 0 Å². The van der Waals surface area contributed by atoms with E-state index in [9.17, 15) is 13.2 Å². The van der Waals surface area contributed by atoms with Crippen LogP contribution in [0, 0.1) is 5.92 Å². The summed E-state index contributed by atoms with van der Waals surface area (Å²) in [7, 11) is -3.33. The van der Waals surface area contributed by atoms with Crippen LogP contribution < -0.4 is 15.4 Å². The first-order valence-corrected chi connectivity index (χ1v) is 9.54. The van der Waals surface area contributed by atoms with Gasteiger partial charge in [0.25, 0.3) is 0 Å². The minimum absolute atomic E-state index is 0.0702. The standard InChI is InChI=1S/C15H24N4O3S/c1-12(14-7-2-3-8-16-14)19-15(20)17-9-10-23(21,22)18-11-13-5-4-6-13/h2-3,7-8,12-13,18H,4-6,9-11H2,1H3,(H2,17,19,20). The third-order valence-corrected chi connectivity index (χ3v) is 5.30. The molecular formula is C15H24N4O3S. The van der Waals surface area contributed by atoms with E-state index in [-0.39, 0.29) is 18.3 Å². The maximum Gasteiger partial charge on any atom is 0.315 e. The summed E-state index contributed by atoms with van der Waals surface area (Å²) in [5.41, 5.74) is 0.748. The van der Waals surface area contributed by atoms with Crippen LogP contribution >= 0.6 is 0 Å². The lowest BCUT2D eigenvalue weighted by molar-refractivity contribution is 0.238. The van der Waals surface area contributed by atoms with Gasteiger partial charge in [0, 0.05) is 19.3 Å². The van der Waals surface area contributed by atoms with Gasteiger partial charge in [-0.2, -0.15) is 0 Å². The predicted molar refractivity (Wildman–Crippen MR) is 88.3 cm³/mol. The molecule has 0 bridgehead atoms. The second-order valence-electron chi connectivity index (χ2n) is 5.84. The zero-order valence-corrected chi connectivity index (χ0v) is 14.1. The number of aromatic nitrogens is 1. The molecule has 7 nitrogen and oxygen atoms in total. The van der Waals surface area contributed by atoms with Gasteiger partial charge in [-0.25, -0.2) is 17.9 Å². The number of rotatable bonds is 8. The summed E-state index contributed by atoms with van der Waals surface area (Å²) >= 11 is 0. The topological polar surface area (TPSA) is 100 Å². The third-order valence-electron chi connectivity index (χ3n) is 3.95. The normalized spacial score (nSPS) is 16.4. The van der Waals surface area contributed by atoms with Crippen molar-refractivity contribution in [3.8, 4) is 0 Å². The van der Waals surface area contributed by atoms with Crippen LogP contribution in [0.25, 0.3) is 0 Å². The summed E-state index contributed by atoms with van der Waals surface area (Å²) in [4.78, 5) is 15.9. The van der Waals surface area contributed by atoms with Crippen LogP contribution in [0.1, 0.15) is 37.9 Å². The third kappa shape index (κ3) is 6.15. The molecule has 1 fully saturated rings. The van der Waals surface area contributed by atoms with Gasteiger partial charge < -0.3 is 10.6 Å². The number of nitrogens with one attached hydrogen (secondary N) is 3. The van der Waals surface area contributed by atoms with Gasteiger partial charge in [0.1, 0.15) is 0 Å². The van der Waals surface area contributed by atoms with E-state index in [4.69, 9.17) is 0 Å². The molecular weight excluding hydrogens is 316 g/mol. The highest BCUT2D eigenvalue weighted by atomic mass is 32.2. The Hall–Kier alpha value is -1.67. The summed E-state index contributed by atoms with van der Waals surface area (Å²) in [5.74, 6) is 0.353. The average molecular weight is 340 g/mol. The van der Waals surface area contributed by atoms with Gasteiger partial charge >= 0.3 is 6.03 Å². The number of urea groups is 1. The molecule has 2 amide bonds. The van der Waals surface area contributed by atoms with Crippen molar-refractivity contribution in [3.63, 3.8) is 0 Å². The highest BCUT2D eigenvalue weighted by Gasteiger charge is 2.20. The molecule has 1 atom stereocenters. The van der Waals surface area contributed by atoms with Crippen molar-refractivity contribution < 1.29 is 13.2 Å². The van der Waals surface area contributed by atoms with Gasteiger partial charge in [0.2, 0.25) is 10.0 Å². The van der Waals surface area contributed by atoms with E-state index in [2.05, 4.69) is 20.3 Å². The Morgan fingerprint density at radius 2 is 2.17 bits per heavy atom. The van der Waals surface area contributed by atoms with Crippen LogP contribution in [0.4, 0.5) is 4.79 Å². The number of pyridine rings is 1. The maximum atomic E-state index is 11.8. The first-order chi connectivity index (χ1) is 11.0. The van der Waals surface area contributed by atoms with Crippen LogP contribution in [0.2, 0.25) is 0 Å². The van der Waals surface area contributed by atoms with Gasteiger partial charge in [-0.15, -0.1) is 0 Å². The highest BCUT2D eigenvalue weighted by molar-refractivity contribution is 7.89. The number of sulfonamides is 1. The van der Waals surface area contributed by atoms with E-state index in [1.165, 1.54) is 6.42 Å². The fourth-order valence-corrected chi connectivity index (χ4v) is 3.27. The first kappa shape index (κ1) is 17.7. The molecule has 1 aromatic rings. The smallest absolute Gasteiger partial charge is 0.315 e. The lowest BCUT2D eigenvalue weighted by atomic mass is 9.86. The molecule has 8 heteroatoms. The van der Waals surface area contributed by atoms with E-state index >= 15 is 0 Å². The van der Waals surface area contributed by atoms with Crippen molar-refractivity contribution in [1.82, 2.24) is 20.3 Å². The summed E-state index contributed by atoms with van der Waals surface area (Å²) in [5, 5.41) is 5.28. The molecule has 0 radical (unpaired) electrons. The van der Waals surface area contributed by atoms with Gasteiger partial charge in [-0.05, 0) is 37.8 Å². The van der Waals surface area contributed by atoms with Crippen LogP contribution in [0.5, 0.6) is 0 Å². The minimum atomic E-state index is -3.33. The summed E-state index contributed by atoms with van der Waals surface area (Å²) < 4.78 is 26.2. The zero-order chi connectivity index (χ0) is 16.7. The lowest BCUT2D eigenvalue weighted by Gasteiger charge is -2.25. The number of hydrogen-bond donors (Lipinski definition) is 3. The zero-order valence-electron chi connectivity index (χ0n) is 13.3.